The highest BCUT2D eigenvalue weighted by atomic mass is 16.6. The maximum Gasteiger partial charge on any atom is 0.407 e. The van der Waals surface area contributed by atoms with Crippen LogP contribution in [-0.4, -0.2) is 69.1 Å². The molecular formula is C19H32N6O3. The van der Waals surface area contributed by atoms with Crippen molar-refractivity contribution in [1.29, 1.82) is 0 Å². The van der Waals surface area contributed by atoms with Crippen LogP contribution < -0.4 is 20.9 Å². The molecule has 0 spiro atoms. The van der Waals surface area contributed by atoms with Crippen LogP contribution in [0.25, 0.3) is 0 Å². The summed E-state index contributed by atoms with van der Waals surface area (Å²) in [5.41, 5.74) is 0.594. The number of hydrogen-bond donors (Lipinski definition) is 3. The monoisotopic (exact) mass is 392 g/mol. The number of ether oxygens (including phenoxy) is 2. The van der Waals surface area contributed by atoms with E-state index in [1.165, 1.54) is 0 Å². The lowest BCUT2D eigenvalue weighted by molar-refractivity contribution is 0.0529. The SMILES string of the molecule is CN=C(NCCNC(=O)OC(C)(C)C)NCc1cccnc1N1CCOCC1. The van der Waals surface area contributed by atoms with E-state index >= 15 is 0 Å². The number of guanidine groups is 1. The summed E-state index contributed by atoms with van der Waals surface area (Å²) in [5, 5.41) is 9.17. The van der Waals surface area contributed by atoms with Crippen LogP contribution >= 0.6 is 0 Å². The topological polar surface area (TPSA) is 100 Å². The molecule has 156 valence electrons. The second-order valence-corrected chi connectivity index (χ2v) is 7.37. The van der Waals surface area contributed by atoms with Gasteiger partial charge in [0.1, 0.15) is 11.4 Å². The third-order valence-corrected chi connectivity index (χ3v) is 3.93. The molecule has 1 amide bonds. The Bertz CT molecular complexity index is 653. The van der Waals surface area contributed by atoms with E-state index in [1.807, 2.05) is 33.0 Å². The maximum absolute atomic E-state index is 11.6. The van der Waals surface area contributed by atoms with Crippen LogP contribution in [0.1, 0.15) is 26.3 Å². The Morgan fingerprint density at radius 1 is 1.25 bits per heavy atom. The number of nitrogens with one attached hydrogen (secondary N) is 3. The highest BCUT2D eigenvalue weighted by molar-refractivity contribution is 5.79. The van der Waals surface area contributed by atoms with Crippen molar-refractivity contribution in [3.8, 4) is 0 Å². The molecule has 1 aliphatic heterocycles. The van der Waals surface area contributed by atoms with Crippen molar-refractivity contribution in [2.24, 2.45) is 4.99 Å². The number of rotatable bonds is 6. The number of alkyl carbamates (subject to hydrolysis) is 1. The molecule has 0 aliphatic carbocycles. The van der Waals surface area contributed by atoms with E-state index in [4.69, 9.17) is 9.47 Å². The predicted octanol–water partition coefficient (Wildman–Crippen LogP) is 1.11. The van der Waals surface area contributed by atoms with E-state index in [0.29, 0.717) is 25.6 Å². The number of nitrogens with zero attached hydrogens (tertiary/aromatic N) is 3. The zero-order valence-corrected chi connectivity index (χ0v) is 17.2. The molecule has 9 nitrogen and oxygen atoms in total. The van der Waals surface area contributed by atoms with Gasteiger partial charge in [0, 0.05) is 51.5 Å². The number of hydrogen-bond acceptors (Lipinski definition) is 6. The third kappa shape index (κ3) is 7.59. The Morgan fingerprint density at radius 2 is 1.96 bits per heavy atom. The minimum atomic E-state index is -0.503. The fourth-order valence-electron chi connectivity index (χ4n) is 2.69. The zero-order valence-electron chi connectivity index (χ0n) is 17.2. The smallest absolute Gasteiger partial charge is 0.407 e. The van der Waals surface area contributed by atoms with Gasteiger partial charge in [0.15, 0.2) is 5.96 Å². The summed E-state index contributed by atoms with van der Waals surface area (Å²) in [7, 11) is 1.71. The molecule has 1 saturated heterocycles. The molecule has 1 aromatic heterocycles. The molecule has 0 unspecified atom stereocenters. The first-order valence-electron chi connectivity index (χ1n) is 9.57. The quantitative estimate of drug-likeness (QED) is 0.379. The maximum atomic E-state index is 11.6. The molecule has 1 aromatic rings. The Labute approximate surface area is 166 Å². The molecular weight excluding hydrogens is 360 g/mol. The van der Waals surface area contributed by atoms with Gasteiger partial charge in [-0.15, -0.1) is 0 Å². The molecule has 28 heavy (non-hydrogen) atoms. The average Bonchev–Trinajstić information content (AvgIpc) is 2.67. The van der Waals surface area contributed by atoms with Crippen LogP contribution in [0.2, 0.25) is 0 Å². The molecule has 0 bridgehead atoms. The molecule has 3 N–H and O–H groups in total. The lowest BCUT2D eigenvalue weighted by atomic mass is 10.2. The van der Waals surface area contributed by atoms with Crippen molar-refractivity contribution in [1.82, 2.24) is 20.9 Å². The van der Waals surface area contributed by atoms with Crippen molar-refractivity contribution in [3.63, 3.8) is 0 Å². The molecule has 9 heteroatoms. The van der Waals surface area contributed by atoms with Gasteiger partial charge in [0.25, 0.3) is 0 Å². The van der Waals surface area contributed by atoms with E-state index in [0.717, 1.165) is 37.7 Å². The summed E-state index contributed by atoms with van der Waals surface area (Å²) in [4.78, 5) is 22.6. The van der Waals surface area contributed by atoms with E-state index in [-0.39, 0.29) is 0 Å². The minimum Gasteiger partial charge on any atom is -0.444 e. The van der Waals surface area contributed by atoms with Crippen LogP contribution in [0.3, 0.4) is 0 Å². The molecule has 0 saturated carbocycles. The first-order chi connectivity index (χ1) is 13.4. The molecule has 0 radical (unpaired) electrons. The molecule has 1 aliphatic rings. The summed E-state index contributed by atoms with van der Waals surface area (Å²) >= 11 is 0. The number of aromatic nitrogens is 1. The molecule has 0 aromatic carbocycles. The summed E-state index contributed by atoms with van der Waals surface area (Å²) < 4.78 is 10.6. The van der Waals surface area contributed by atoms with Gasteiger partial charge in [-0.2, -0.15) is 0 Å². The number of pyridine rings is 1. The lowest BCUT2D eigenvalue weighted by Crippen LogP contribution is -2.42. The summed E-state index contributed by atoms with van der Waals surface area (Å²) in [6.07, 6.45) is 1.38. The molecule has 0 atom stereocenters. The Balaban J connectivity index is 1.77. The fraction of sp³-hybridized carbons (Fsp3) is 0.632. The van der Waals surface area contributed by atoms with Crippen molar-refractivity contribution in [2.75, 3.05) is 51.3 Å². The standard InChI is InChI=1S/C19H32N6O3/c1-19(2,3)28-18(26)23-9-8-22-17(20-4)24-14-15-6-5-7-21-16(15)25-10-12-27-13-11-25/h5-7H,8-14H2,1-4H3,(H,23,26)(H2,20,22,24). The number of morpholine rings is 1. The van der Waals surface area contributed by atoms with Gasteiger partial charge in [-0.25, -0.2) is 9.78 Å². The third-order valence-electron chi connectivity index (χ3n) is 3.93. The van der Waals surface area contributed by atoms with Crippen LogP contribution in [0.4, 0.5) is 10.6 Å². The Hall–Kier alpha value is -2.55. The predicted molar refractivity (Wildman–Crippen MR) is 110 cm³/mol. The molecule has 2 rings (SSSR count). The van der Waals surface area contributed by atoms with Crippen LogP contribution in [-0.2, 0) is 16.0 Å². The number of carbonyl (C=O) groups is 1. The van der Waals surface area contributed by atoms with Gasteiger partial charge in [0.2, 0.25) is 0 Å². The number of anilines is 1. The molecule has 1 fully saturated rings. The first-order valence-corrected chi connectivity index (χ1v) is 9.57. The van der Waals surface area contributed by atoms with Crippen LogP contribution in [0, 0.1) is 0 Å². The summed E-state index contributed by atoms with van der Waals surface area (Å²) in [5.74, 6) is 1.63. The van der Waals surface area contributed by atoms with Crippen molar-refractivity contribution in [2.45, 2.75) is 32.9 Å². The second kappa shape index (κ2) is 10.7. The fourth-order valence-corrected chi connectivity index (χ4v) is 2.69. The highest BCUT2D eigenvalue weighted by Crippen LogP contribution is 2.18. The van der Waals surface area contributed by atoms with Gasteiger partial charge in [-0.3, -0.25) is 4.99 Å². The molecule has 2 heterocycles. The van der Waals surface area contributed by atoms with E-state index in [1.54, 1.807) is 7.05 Å². The average molecular weight is 393 g/mol. The van der Waals surface area contributed by atoms with E-state index < -0.39 is 11.7 Å². The Kier molecular flexibility index (Phi) is 8.31. The number of aliphatic imine (C=N–C) groups is 1. The summed E-state index contributed by atoms with van der Waals surface area (Å²) in [6, 6.07) is 3.99. The van der Waals surface area contributed by atoms with Crippen molar-refractivity contribution in [3.05, 3.63) is 23.9 Å². The minimum absolute atomic E-state index is 0.428. The van der Waals surface area contributed by atoms with E-state index in [9.17, 15) is 4.79 Å². The first kappa shape index (κ1) is 21.7. The van der Waals surface area contributed by atoms with Gasteiger partial charge in [0.05, 0.1) is 13.2 Å². The van der Waals surface area contributed by atoms with E-state index in [2.05, 4.69) is 36.9 Å². The van der Waals surface area contributed by atoms with Crippen molar-refractivity contribution < 1.29 is 14.3 Å². The van der Waals surface area contributed by atoms with Crippen LogP contribution in [0.15, 0.2) is 23.3 Å². The van der Waals surface area contributed by atoms with Gasteiger partial charge >= 0.3 is 6.09 Å². The van der Waals surface area contributed by atoms with Crippen LogP contribution in [0.5, 0.6) is 0 Å². The highest BCUT2D eigenvalue weighted by Gasteiger charge is 2.16. The number of carbonyl (C=O) groups excluding carboxylic acids is 1. The summed E-state index contributed by atoms with van der Waals surface area (Å²) in [6.45, 7) is 10.2. The van der Waals surface area contributed by atoms with Gasteiger partial charge < -0.3 is 30.3 Å². The van der Waals surface area contributed by atoms with Crippen molar-refractivity contribution >= 4 is 17.9 Å². The number of amides is 1. The van der Waals surface area contributed by atoms with Gasteiger partial charge in [-0.1, -0.05) is 6.07 Å². The lowest BCUT2D eigenvalue weighted by Gasteiger charge is -2.29. The second-order valence-electron chi connectivity index (χ2n) is 7.37. The van der Waals surface area contributed by atoms with Gasteiger partial charge in [-0.05, 0) is 26.8 Å². The largest absolute Gasteiger partial charge is 0.444 e. The Morgan fingerprint density at radius 3 is 2.64 bits per heavy atom. The normalized spacial score (nSPS) is 15.1. The zero-order chi connectivity index (χ0) is 20.4.